The zero-order valence-corrected chi connectivity index (χ0v) is 16.7. The lowest BCUT2D eigenvalue weighted by Crippen LogP contribution is -2.50. The molecule has 1 atom stereocenters. The summed E-state index contributed by atoms with van der Waals surface area (Å²) in [6.45, 7) is -0.714. The summed E-state index contributed by atoms with van der Waals surface area (Å²) in [7, 11) is 0. The number of nitrogens with zero attached hydrogens (tertiary/aromatic N) is 6. The fraction of sp³-hybridized carbons (Fsp3) is 0.333. The van der Waals surface area contributed by atoms with E-state index in [1.807, 2.05) is 60.7 Å². The molecule has 1 fully saturated rings. The van der Waals surface area contributed by atoms with Gasteiger partial charge in [0.2, 0.25) is 0 Å². The van der Waals surface area contributed by atoms with Crippen LogP contribution in [0.25, 0.3) is 0 Å². The number of halogens is 2. The molecule has 2 heterocycles. The Bertz CT molecular complexity index is 978. The van der Waals surface area contributed by atoms with Gasteiger partial charge in [-0.2, -0.15) is 8.78 Å². The van der Waals surface area contributed by atoms with Crippen LogP contribution in [0, 0.1) is 0 Å². The van der Waals surface area contributed by atoms with Crippen molar-refractivity contribution in [3.8, 4) is 0 Å². The normalized spacial score (nSPS) is 15.8. The van der Waals surface area contributed by atoms with Gasteiger partial charge in [0.1, 0.15) is 6.61 Å². The Morgan fingerprint density at radius 3 is 2.23 bits per heavy atom. The minimum Gasteiger partial charge on any atom is -0.445 e. The molecule has 1 aromatic heterocycles. The average Bonchev–Trinajstić information content (AvgIpc) is 3.30. The number of hydrogen-bond donors (Lipinski definition) is 0. The van der Waals surface area contributed by atoms with Gasteiger partial charge in [-0.3, -0.25) is 4.90 Å². The van der Waals surface area contributed by atoms with Crippen LogP contribution in [0.2, 0.25) is 0 Å². The van der Waals surface area contributed by atoms with E-state index in [0.29, 0.717) is 31.0 Å². The molecule has 3 aromatic rings. The molecular weight excluding hydrogens is 406 g/mol. The van der Waals surface area contributed by atoms with Crippen LogP contribution in [-0.2, 0) is 11.3 Å². The van der Waals surface area contributed by atoms with E-state index in [1.165, 1.54) is 0 Å². The second-order valence-corrected chi connectivity index (χ2v) is 7.12. The molecule has 0 spiro atoms. The molecular formula is C21H22F2N6O2. The van der Waals surface area contributed by atoms with E-state index in [2.05, 4.69) is 20.3 Å². The molecule has 0 N–H and O–H groups in total. The van der Waals surface area contributed by atoms with Gasteiger partial charge in [-0.05, 0) is 16.3 Å². The van der Waals surface area contributed by atoms with Crippen molar-refractivity contribution in [2.24, 2.45) is 0 Å². The SMILES string of the molecule is O=C(OCc1ccccc1)N1CCN([C@H](c2ccccc2)c2nnn(C(F)F)n2)CC1. The minimum atomic E-state index is -2.85. The van der Waals surface area contributed by atoms with Crippen LogP contribution in [-0.4, -0.2) is 62.3 Å². The number of benzene rings is 2. The molecule has 0 bridgehead atoms. The van der Waals surface area contributed by atoms with Gasteiger partial charge in [-0.15, -0.1) is 10.2 Å². The largest absolute Gasteiger partial charge is 0.445 e. The Kier molecular flexibility index (Phi) is 6.46. The van der Waals surface area contributed by atoms with E-state index in [9.17, 15) is 13.6 Å². The van der Waals surface area contributed by atoms with Crippen LogP contribution in [0.3, 0.4) is 0 Å². The quantitative estimate of drug-likeness (QED) is 0.601. The monoisotopic (exact) mass is 428 g/mol. The number of amides is 1. The van der Waals surface area contributed by atoms with E-state index < -0.39 is 12.6 Å². The predicted octanol–water partition coefficient (Wildman–Crippen LogP) is 3.11. The van der Waals surface area contributed by atoms with E-state index in [1.54, 1.807) is 4.90 Å². The van der Waals surface area contributed by atoms with Crippen molar-refractivity contribution in [2.45, 2.75) is 19.2 Å². The van der Waals surface area contributed by atoms with Gasteiger partial charge in [-0.25, -0.2) is 4.79 Å². The van der Waals surface area contributed by atoms with Crippen molar-refractivity contribution < 1.29 is 18.3 Å². The maximum Gasteiger partial charge on any atom is 0.410 e. The third-order valence-corrected chi connectivity index (χ3v) is 5.12. The lowest BCUT2D eigenvalue weighted by Gasteiger charge is -2.37. The Hall–Kier alpha value is -3.40. The summed E-state index contributed by atoms with van der Waals surface area (Å²) < 4.78 is 31.3. The molecule has 0 radical (unpaired) electrons. The van der Waals surface area contributed by atoms with Crippen molar-refractivity contribution in [3.05, 3.63) is 77.6 Å². The van der Waals surface area contributed by atoms with Gasteiger partial charge in [0.15, 0.2) is 5.82 Å². The second-order valence-electron chi connectivity index (χ2n) is 7.12. The number of ether oxygens (including phenoxy) is 1. The van der Waals surface area contributed by atoms with Crippen molar-refractivity contribution >= 4 is 6.09 Å². The molecule has 1 saturated heterocycles. The molecule has 0 saturated carbocycles. The number of rotatable bonds is 6. The van der Waals surface area contributed by atoms with Gasteiger partial charge in [-0.1, -0.05) is 65.5 Å². The zero-order chi connectivity index (χ0) is 21.6. The van der Waals surface area contributed by atoms with Crippen LogP contribution in [0.15, 0.2) is 60.7 Å². The van der Waals surface area contributed by atoms with Crippen LogP contribution in [0.5, 0.6) is 0 Å². The lowest BCUT2D eigenvalue weighted by atomic mass is 10.0. The topological polar surface area (TPSA) is 76.4 Å². The molecule has 0 aliphatic carbocycles. The van der Waals surface area contributed by atoms with E-state index in [4.69, 9.17) is 4.74 Å². The molecule has 1 aliphatic heterocycles. The van der Waals surface area contributed by atoms with Crippen molar-refractivity contribution in [1.29, 1.82) is 0 Å². The maximum absolute atomic E-state index is 13.0. The molecule has 2 aromatic carbocycles. The van der Waals surface area contributed by atoms with Gasteiger partial charge >= 0.3 is 12.6 Å². The minimum absolute atomic E-state index is 0.201. The average molecular weight is 428 g/mol. The predicted molar refractivity (Wildman–Crippen MR) is 107 cm³/mol. The first-order valence-electron chi connectivity index (χ1n) is 9.94. The highest BCUT2D eigenvalue weighted by molar-refractivity contribution is 5.67. The van der Waals surface area contributed by atoms with Crippen molar-refractivity contribution in [1.82, 2.24) is 30.0 Å². The fourth-order valence-electron chi connectivity index (χ4n) is 3.56. The summed E-state index contributed by atoms with van der Waals surface area (Å²) in [4.78, 5) is 16.4. The first kappa shape index (κ1) is 20.9. The molecule has 1 amide bonds. The summed E-state index contributed by atoms with van der Waals surface area (Å²) in [6.07, 6.45) is -0.374. The van der Waals surface area contributed by atoms with Gasteiger partial charge in [0.05, 0.1) is 6.04 Å². The molecule has 0 unspecified atom stereocenters. The Morgan fingerprint density at radius 1 is 0.968 bits per heavy atom. The molecule has 4 rings (SSSR count). The van der Waals surface area contributed by atoms with E-state index >= 15 is 0 Å². The maximum atomic E-state index is 13.0. The number of hydrogen-bond acceptors (Lipinski definition) is 6. The summed E-state index contributed by atoms with van der Waals surface area (Å²) in [5, 5.41) is 11.2. The fourth-order valence-corrected chi connectivity index (χ4v) is 3.56. The third kappa shape index (κ3) is 5.02. The molecule has 1 aliphatic rings. The Labute approximate surface area is 178 Å². The zero-order valence-electron chi connectivity index (χ0n) is 16.7. The number of tetrazole rings is 1. The summed E-state index contributed by atoms with van der Waals surface area (Å²) in [5.74, 6) is 0.201. The summed E-state index contributed by atoms with van der Waals surface area (Å²) in [5.41, 5.74) is 1.79. The first-order chi connectivity index (χ1) is 15.1. The highest BCUT2D eigenvalue weighted by Crippen LogP contribution is 2.27. The number of carbonyl (C=O) groups excluding carboxylic acids is 1. The van der Waals surface area contributed by atoms with E-state index in [-0.39, 0.29) is 18.5 Å². The number of aromatic nitrogens is 4. The van der Waals surface area contributed by atoms with Crippen LogP contribution in [0.4, 0.5) is 13.6 Å². The Balaban J connectivity index is 1.42. The van der Waals surface area contributed by atoms with Crippen LogP contribution < -0.4 is 0 Å². The van der Waals surface area contributed by atoms with Crippen molar-refractivity contribution in [2.75, 3.05) is 26.2 Å². The molecule has 8 nitrogen and oxygen atoms in total. The lowest BCUT2D eigenvalue weighted by molar-refractivity contribution is 0.0384. The first-order valence-corrected chi connectivity index (χ1v) is 9.94. The van der Waals surface area contributed by atoms with Gasteiger partial charge in [0, 0.05) is 26.2 Å². The van der Waals surface area contributed by atoms with Crippen molar-refractivity contribution in [3.63, 3.8) is 0 Å². The molecule has 10 heteroatoms. The summed E-state index contributed by atoms with van der Waals surface area (Å²) >= 11 is 0. The second kappa shape index (κ2) is 9.61. The highest BCUT2D eigenvalue weighted by Gasteiger charge is 2.32. The third-order valence-electron chi connectivity index (χ3n) is 5.12. The van der Waals surface area contributed by atoms with Crippen LogP contribution in [0.1, 0.15) is 29.5 Å². The van der Waals surface area contributed by atoms with Crippen LogP contribution >= 0.6 is 0 Å². The number of carbonyl (C=O) groups is 1. The highest BCUT2D eigenvalue weighted by atomic mass is 19.3. The standard InChI is InChI=1S/C21H22F2N6O2/c22-20(23)29-25-19(24-26-29)18(17-9-5-2-6-10-17)27-11-13-28(14-12-27)21(30)31-15-16-7-3-1-4-8-16/h1-10,18,20H,11-15H2/t18-/m1/s1. The number of piperazine rings is 1. The molecule has 31 heavy (non-hydrogen) atoms. The Morgan fingerprint density at radius 2 is 1.61 bits per heavy atom. The van der Waals surface area contributed by atoms with Gasteiger partial charge in [0.25, 0.3) is 0 Å². The molecule has 162 valence electrons. The van der Waals surface area contributed by atoms with Gasteiger partial charge < -0.3 is 9.64 Å². The number of alkyl halides is 2. The van der Waals surface area contributed by atoms with E-state index in [0.717, 1.165) is 11.1 Å². The smallest absolute Gasteiger partial charge is 0.410 e. The summed E-state index contributed by atoms with van der Waals surface area (Å²) in [6, 6.07) is 18.5.